The van der Waals surface area contributed by atoms with Gasteiger partial charge in [-0.25, -0.2) is 9.82 Å². The number of hydrazone groups is 1. The molecule has 86 valence electrons. The molecule has 0 bridgehead atoms. The summed E-state index contributed by atoms with van der Waals surface area (Å²) >= 11 is 0. The van der Waals surface area contributed by atoms with Crippen molar-refractivity contribution < 1.29 is 9.18 Å². The third-order valence-electron chi connectivity index (χ3n) is 2.05. The van der Waals surface area contributed by atoms with Crippen LogP contribution in [-0.4, -0.2) is 11.6 Å². The van der Waals surface area contributed by atoms with Crippen LogP contribution in [0, 0.1) is 5.82 Å². The molecule has 4 heteroatoms. The zero-order chi connectivity index (χ0) is 12.0. The summed E-state index contributed by atoms with van der Waals surface area (Å²) in [6, 6.07) is 5.51. The summed E-state index contributed by atoms with van der Waals surface area (Å²) in [7, 11) is 0. The molecular formula is C12H15FN2O. The van der Waals surface area contributed by atoms with Crippen LogP contribution in [0.5, 0.6) is 0 Å². The molecule has 0 aliphatic heterocycles. The van der Waals surface area contributed by atoms with Gasteiger partial charge in [-0.2, -0.15) is 5.10 Å². The van der Waals surface area contributed by atoms with Gasteiger partial charge in [0.1, 0.15) is 5.82 Å². The van der Waals surface area contributed by atoms with E-state index in [1.54, 1.807) is 6.07 Å². The maximum atomic E-state index is 12.8. The summed E-state index contributed by atoms with van der Waals surface area (Å²) in [5.74, 6) is -0.822. The lowest BCUT2D eigenvalue weighted by Crippen LogP contribution is -2.19. The maximum absolute atomic E-state index is 12.8. The molecule has 1 aromatic carbocycles. The van der Waals surface area contributed by atoms with Gasteiger partial charge in [-0.05, 0) is 31.5 Å². The van der Waals surface area contributed by atoms with Crippen LogP contribution in [0.25, 0.3) is 0 Å². The molecule has 0 saturated carbocycles. The van der Waals surface area contributed by atoms with Gasteiger partial charge in [0.2, 0.25) is 0 Å². The highest BCUT2D eigenvalue weighted by atomic mass is 19.1. The number of carbonyl (C=O) groups is 1. The molecule has 0 fully saturated rings. The minimum absolute atomic E-state index is 0.271. The Balaban J connectivity index is 2.63. The molecule has 0 aliphatic carbocycles. The zero-order valence-corrected chi connectivity index (χ0v) is 9.46. The Labute approximate surface area is 94.4 Å². The summed E-state index contributed by atoms with van der Waals surface area (Å²) < 4.78 is 12.8. The first-order chi connectivity index (χ1) is 7.63. The van der Waals surface area contributed by atoms with Crippen molar-refractivity contribution >= 4 is 11.6 Å². The lowest BCUT2D eigenvalue weighted by molar-refractivity contribution is 0.0954. The van der Waals surface area contributed by atoms with Crippen LogP contribution >= 0.6 is 0 Å². The Morgan fingerprint density at radius 2 is 2.25 bits per heavy atom. The maximum Gasteiger partial charge on any atom is 0.271 e. The highest BCUT2D eigenvalue weighted by Gasteiger charge is 2.04. The number of rotatable bonds is 4. The van der Waals surface area contributed by atoms with Crippen molar-refractivity contribution in [3.8, 4) is 0 Å². The number of carbonyl (C=O) groups excluding carboxylic acids is 1. The second-order valence-corrected chi connectivity index (χ2v) is 3.55. The predicted octanol–water partition coefficient (Wildman–Crippen LogP) is 2.73. The van der Waals surface area contributed by atoms with Crippen molar-refractivity contribution in [3.63, 3.8) is 0 Å². The minimum atomic E-state index is -0.429. The Hall–Kier alpha value is -1.71. The van der Waals surface area contributed by atoms with Crippen LogP contribution in [0.15, 0.2) is 29.4 Å². The predicted molar refractivity (Wildman–Crippen MR) is 61.9 cm³/mol. The quantitative estimate of drug-likeness (QED) is 0.617. The highest BCUT2D eigenvalue weighted by molar-refractivity contribution is 5.95. The topological polar surface area (TPSA) is 41.5 Å². The van der Waals surface area contributed by atoms with E-state index in [0.717, 1.165) is 18.6 Å². The number of nitrogens with one attached hydrogen (secondary N) is 1. The molecule has 0 heterocycles. The van der Waals surface area contributed by atoms with E-state index >= 15 is 0 Å². The largest absolute Gasteiger partial charge is 0.271 e. The van der Waals surface area contributed by atoms with Crippen LogP contribution in [0.1, 0.15) is 37.0 Å². The van der Waals surface area contributed by atoms with Crippen molar-refractivity contribution in [2.75, 3.05) is 0 Å². The average Bonchev–Trinajstić information content (AvgIpc) is 2.26. The summed E-state index contributed by atoms with van der Waals surface area (Å²) in [5.41, 5.74) is 3.52. The minimum Gasteiger partial charge on any atom is -0.267 e. The fraction of sp³-hybridized carbons (Fsp3) is 0.333. The molecule has 0 atom stereocenters. The smallest absolute Gasteiger partial charge is 0.267 e. The van der Waals surface area contributed by atoms with Crippen LogP contribution in [0.3, 0.4) is 0 Å². The fourth-order valence-electron chi connectivity index (χ4n) is 1.26. The van der Waals surface area contributed by atoms with Gasteiger partial charge in [0.25, 0.3) is 5.91 Å². The summed E-state index contributed by atoms with van der Waals surface area (Å²) in [4.78, 5) is 11.5. The first-order valence-corrected chi connectivity index (χ1v) is 5.22. The van der Waals surface area contributed by atoms with Gasteiger partial charge in [-0.3, -0.25) is 4.79 Å². The number of hydrogen-bond acceptors (Lipinski definition) is 2. The van der Waals surface area contributed by atoms with E-state index in [1.807, 2.05) is 13.8 Å². The lowest BCUT2D eigenvalue weighted by Gasteiger charge is -2.01. The Kier molecular flexibility index (Phi) is 4.64. The molecule has 16 heavy (non-hydrogen) atoms. The monoisotopic (exact) mass is 222 g/mol. The number of nitrogens with zero attached hydrogens (tertiary/aromatic N) is 1. The van der Waals surface area contributed by atoms with E-state index < -0.39 is 11.7 Å². The van der Waals surface area contributed by atoms with Gasteiger partial charge >= 0.3 is 0 Å². The number of amides is 1. The van der Waals surface area contributed by atoms with Gasteiger partial charge in [0.15, 0.2) is 0 Å². The third-order valence-corrected chi connectivity index (χ3v) is 2.05. The van der Waals surface area contributed by atoms with Gasteiger partial charge in [0, 0.05) is 11.3 Å². The van der Waals surface area contributed by atoms with Gasteiger partial charge in [0.05, 0.1) is 0 Å². The van der Waals surface area contributed by atoms with Crippen LogP contribution in [0.2, 0.25) is 0 Å². The molecule has 3 nitrogen and oxygen atoms in total. The van der Waals surface area contributed by atoms with Crippen LogP contribution in [-0.2, 0) is 0 Å². The van der Waals surface area contributed by atoms with Crippen molar-refractivity contribution in [3.05, 3.63) is 35.6 Å². The third kappa shape index (κ3) is 3.81. The zero-order valence-electron chi connectivity index (χ0n) is 9.46. The first kappa shape index (κ1) is 12.4. The average molecular weight is 222 g/mol. The molecule has 1 aromatic rings. The van der Waals surface area contributed by atoms with Crippen molar-refractivity contribution in [2.24, 2.45) is 5.10 Å². The Morgan fingerprint density at radius 1 is 1.50 bits per heavy atom. The van der Waals surface area contributed by atoms with E-state index in [9.17, 15) is 9.18 Å². The van der Waals surface area contributed by atoms with E-state index in [1.165, 1.54) is 18.2 Å². The lowest BCUT2D eigenvalue weighted by atomic mass is 10.2. The fourth-order valence-corrected chi connectivity index (χ4v) is 1.26. The van der Waals surface area contributed by atoms with Crippen molar-refractivity contribution in [1.82, 2.24) is 5.43 Å². The molecule has 0 aromatic heterocycles. The van der Waals surface area contributed by atoms with Crippen molar-refractivity contribution in [1.29, 1.82) is 0 Å². The van der Waals surface area contributed by atoms with Gasteiger partial charge in [-0.1, -0.05) is 19.4 Å². The summed E-state index contributed by atoms with van der Waals surface area (Å²) in [6.07, 6.45) is 1.81. The molecule has 0 aliphatic rings. The molecule has 0 saturated heterocycles. The number of halogens is 1. The van der Waals surface area contributed by atoms with Gasteiger partial charge < -0.3 is 0 Å². The number of benzene rings is 1. The van der Waals surface area contributed by atoms with Gasteiger partial charge in [-0.15, -0.1) is 0 Å². The SMILES string of the molecule is CCCC(C)=NNC(=O)c1cccc(F)c1. The second-order valence-electron chi connectivity index (χ2n) is 3.55. The van der Waals surface area contributed by atoms with E-state index in [2.05, 4.69) is 10.5 Å². The highest BCUT2D eigenvalue weighted by Crippen LogP contribution is 2.03. The van der Waals surface area contributed by atoms with E-state index in [4.69, 9.17) is 0 Å². The molecule has 0 unspecified atom stereocenters. The molecule has 1 amide bonds. The Bertz CT molecular complexity index is 402. The van der Waals surface area contributed by atoms with E-state index in [-0.39, 0.29) is 5.56 Å². The van der Waals surface area contributed by atoms with Crippen LogP contribution in [0.4, 0.5) is 4.39 Å². The normalized spacial score (nSPS) is 11.3. The standard InChI is InChI=1S/C12H15FN2O/c1-3-5-9(2)14-15-12(16)10-6-4-7-11(13)8-10/h4,6-8H,3,5H2,1-2H3,(H,15,16). The molecule has 1 N–H and O–H groups in total. The number of hydrogen-bond donors (Lipinski definition) is 1. The molecular weight excluding hydrogens is 207 g/mol. The van der Waals surface area contributed by atoms with Crippen molar-refractivity contribution in [2.45, 2.75) is 26.7 Å². The molecule has 1 rings (SSSR count). The molecule has 0 radical (unpaired) electrons. The first-order valence-electron chi connectivity index (χ1n) is 5.22. The second kappa shape index (κ2) is 6.00. The summed E-state index contributed by atoms with van der Waals surface area (Å²) in [6.45, 7) is 3.88. The van der Waals surface area contributed by atoms with Crippen LogP contribution < -0.4 is 5.43 Å². The molecule has 0 spiro atoms. The Morgan fingerprint density at radius 3 is 2.88 bits per heavy atom. The van der Waals surface area contributed by atoms with E-state index in [0.29, 0.717) is 0 Å². The summed E-state index contributed by atoms with van der Waals surface area (Å²) in [5, 5.41) is 3.91.